The van der Waals surface area contributed by atoms with Gasteiger partial charge >= 0.3 is 0 Å². The Morgan fingerprint density at radius 1 is 0.909 bits per heavy atom. The number of rotatable bonds is 3. The molecule has 6 heteroatoms. The van der Waals surface area contributed by atoms with Crippen molar-refractivity contribution in [3.63, 3.8) is 0 Å². The smallest absolute Gasteiger partial charge is 0.268 e. The molecule has 0 aliphatic carbocycles. The fourth-order valence-electron chi connectivity index (χ4n) is 2.21. The number of carbonyl (C=O) groups excluding carboxylic acids is 2. The Labute approximate surface area is 125 Å². The van der Waals surface area contributed by atoms with Crippen molar-refractivity contribution in [2.75, 3.05) is 0 Å². The maximum absolute atomic E-state index is 12.1. The Bertz CT molecular complexity index is 774. The zero-order valence-electron chi connectivity index (χ0n) is 11.3. The third-order valence-corrected chi connectivity index (χ3v) is 3.35. The predicted octanol–water partition coefficient (Wildman–Crippen LogP) is 2.86. The maximum Gasteiger partial charge on any atom is 0.269 e. The minimum atomic E-state index is -0.488. The monoisotopic (exact) mass is 294 g/mol. The first-order valence-corrected chi connectivity index (χ1v) is 6.47. The van der Waals surface area contributed by atoms with Crippen LogP contribution >= 0.6 is 0 Å². The average Bonchev–Trinajstić information content (AvgIpc) is 2.78. The van der Waals surface area contributed by atoms with E-state index in [1.54, 1.807) is 42.5 Å². The molecule has 108 valence electrons. The zero-order chi connectivity index (χ0) is 15.7. The molecule has 1 heterocycles. The molecule has 2 amide bonds. The molecule has 2 aromatic rings. The number of imide groups is 1. The molecular weight excluding hydrogens is 284 g/mol. The highest BCUT2D eigenvalue weighted by molar-refractivity contribution is 6.22. The van der Waals surface area contributed by atoms with Crippen LogP contribution in [0.3, 0.4) is 0 Å². The summed E-state index contributed by atoms with van der Waals surface area (Å²) >= 11 is 0. The van der Waals surface area contributed by atoms with Crippen molar-refractivity contribution in [2.45, 2.75) is 0 Å². The van der Waals surface area contributed by atoms with E-state index in [9.17, 15) is 19.7 Å². The molecule has 2 aromatic carbocycles. The third kappa shape index (κ3) is 2.26. The summed E-state index contributed by atoms with van der Waals surface area (Å²) in [5, 5.41) is 10.6. The Balaban J connectivity index is 1.83. The zero-order valence-corrected chi connectivity index (χ0v) is 11.3. The van der Waals surface area contributed by atoms with Crippen molar-refractivity contribution in [3.05, 3.63) is 81.5 Å². The number of amides is 2. The molecule has 1 aliphatic rings. The number of carbonyl (C=O) groups is 2. The van der Waals surface area contributed by atoms with Crippen LogP contribution in [0.1, 0.15) is 26.3 Å². The predicted molar refractivity (Wildman–Crippen MR) is 79.1 cm³/mol. The van der Waals surface area contributed by atoms with Gasteiger partial charge in [0, 0.05) is 18.3 Å². The van der Waals surface area contributed by atoms with Crippen molar-refractivity contribution in [2.24, 2.45) is 0 Å². The number of hydrogen-bond donors (Lipinski definition) is 0. The first-order chi connectivity index (χ1) is 10.6. The second-order valence-electron chi connectivity index (χ2n) is 4.69. The SMILES string of the molecule is O=C1c2ccccc2C(=O)N1/C=C/c1ccc([N+](=O)[O-])cc1. The van der Waals surface area contributed by atoms with Gasteiger partial charge in [0.05, 0.1) is 16.1 Å². The van der Waals surface area contributed by atoms with E-state index in [0.29, 0.717) is 16.7 Å². The number of hydrogen-bond acceptors (Lipinski definition) is 4. The van der Waals surface area contributed by atoms with Gasteiger partial charge in [-0.3, -0.25) is 19.7 Å². The standard InChI is InChI=1S/C16H10N2O4/c19-15-13-3-1-2-4-14(13)16(20)17(15)10-9-11-5-7-12(8-6-11)18(21)22/h1-10H/b10-9+. The highest BCUT2D eigenvalue weighted by Crippen LogP contribution is 2.23. The lowest BCUT2D eigenvalue weighted by Crippen LogP contribution is -2.23. The number of nitro benzene ring substituents is 1. The highest BCUT2D eigenvalue weighted by Gasteiger charge is 2.33. The van der Waals surface area contributed by atoms with E-state index in [-0.39, 0.29) is 17.5 Å². The fraction of sp³-hybridized carbons (Fsp3) is 0. The molecular formula is C16H10N2O4. The van der Waals surface area contributed by atoms with Crippen molar-refractivity contribution >= 4 is 23.6 Å². The van der Waals surface area contributed by atoms with Crippen molar-refractivity contribution < 1.29 is 14.5 Å². The molecule has 0 fully saturated rings. The van der Waals surface area contributed by atoms with Gasteiger partial charge in [0.1, 0.15) is 0 Å². The molecule has 0 bridgehead atoms. The number of non-ortho nitro benzene ring substituents is 1. The first-order valence-electron chi connectivity index (χ1n) is 6.47. The second kappa shape index (κ2) is 5.25. The Kier molecular flexibility index (Phi) is 3.27. The van der Waals surface area contributed by atoms with Crippen molar-refractivity contribution in [1.29, 1.82) is 0 Å². The summed E-state index contributed by atoms with van der Waals surface area (Å²) in [7, 11) is 0. The summed E-state index contributed by atoms with van der Waals surface area (Å²) in [6, 6.07) is 12.4. The molecule has 0 spiro atoms. The molecule has 0 radical (unpaired) electrons. The van der Waals surface area contributed by atoms with E-state index >= 15 is 0 Å². The van der Waals surface area contributed by atoms with Crippen molar-refractivity contribution in [3.8, 4) is 0 Å². The Morgan fingerprint density at radius 3 is 1.95 bits per heavy atom. The van der Waals surface area contributed by atoms with E-state index in [2.05, 4.69) is 0 Å². The second-order valence-corrected chi connectivity index (χ2v) is 4.69. The van der Waals surface area contributed by atoms with Crippen LogP contribution < -0.4 is 0 Å². The quantitative estimate of drug-likeness (QED) is 0.495. The van der Waals surface area contributed by atoms with E-state index in [1.165, 1.54) is 18.3 Å². The number of nitro groups is 1. The summed E-state index contributed by atoms with van der Waals surface area (Å²) in [6.07, 6.45) is 2.94. The minimum Gasteiger partial charge on any atom is -0.268 e. The van der Waals surface area contributed by atoms with Gasteiger partial charge in [-0.15, -0.1) is 0 Å². The minimum absolute atomic E-state index is 0.0159. The molecule has 0 aromatic heterocycles. The van der Waals surface area contributed by atoms with Crippen molar-refractivity contribution in [1.82, 2.24) is 4.90 Å². The van der Waals surface area contributed by atoms with Crippen LogP contribution in [0, 0.1) is 10.1 Å². The summed E-state index contributed by atoms with van der Waals surface area (Å²) in [5.74, 6) is -0.752. The lowest BCUT2D eigenvalue weighted by atomic mass is 10.1. The molecule has 0 saturated carbocycles. The van der Waals surface area contributed by atoms with Gasteiger partial charge in [-0.05, 0) is 35.9 Å². The Morgan fingerprint density at radius 2 is 1.45 bits per heavy atom. The van der Waals surface area contributed by atoms with E-state index in [4.69, 9.17) is 0 Å². The summed E-state index contributed by atoms with van der Waals surface area (Å²) < 4.78 is 0. The summed E-state index contributed by atoms with van der Waals surface area (Å²) in [6.45, 7) is 0. The lowest BCUT2D eigenvalue weighted by molar-refractivity contribution is -0.384. The molecule has 0 N–H and O–H groups in total. The number of fused-ring (bicyclic) bond motifs is 1. The van der Waals surface area contributed by atoms with Gasteiger partial charge < -0.3 is 0 Å². The van der Waals surface area contributed by atoms with Crippen LogP contribution in [0.4, 0.5) is 5.69 Å². The Hall–Kier alpha value is -3.28. The molecule has 0 unspecified atom stereocenters. The van der Waals surface area contributed by atoms with E-state index < -0.39 is 4.92 Å². The van der Waals surface area contributed by atoms with Gasteiger partial charge in [0.2, 0.25) is 0 Å². The van der Waals surface area contributed by atoms with Gasteiger partial charge in [-0.1, -0.05) is 12.1 Å². The van der Waals surface area contributed by atoms with Crippen LogP contribution in [0.15, 0.2) is 54.7 Å². The topological polar surface area (TPSA) is 80.5 Å². The number of benzene rings is 2. The molecule has 6 nitrogen and oxygen atoms in total. The fourth-order valence-corrected chi connectivity index (χ4v) is 2.21. The van der Waals surface area contributed by atoms with Crippen LogP contribution in [0.25, 0.3) is 6.08 Å². The van der Waals surface area contributed by atoms with E-state index in [0.717, 1.165) is 4.90 Å². The third-order valence-electron chi connectivity index (χ3n) is 3.35. The number of nitrogens with zero attached hydrogens (tertiary/aromatic N) is 2. The van der Waals surface area contributed by atoms with Gasteiger partial charge in [0.15, 0.2) is 0 Å². The highest BCUT2D eigenvalue weighted by atomic mass is 16.6. The molecule has 0 atom stereocenters. The first kappa shape index (κ1) is 13.7. The van der Waals surface area contributed by atoms with Gasteiger partial charge in [-0.2, -0.15) is 0 Å². The molecule has 0 saturated heterocycles. The average molecular weight is 294 g/mol. The lowest BCUT2D eigenvalue weighted by Gasteiger charge is -2.06. The maximum atomic E-state index is 12.1. The van der Waals surface area contributed by atoms with Crippen LogP contribution in [-0.4, -0.2) is 21.6 Å². The molecule has 1 aliphatic heterocycles. The summed E-state index contributed by atoms with van der Waals surface area (Å²) in [5.41, 5.74) is 1.39. The van der Waals surface area contributed by atoms with Gasteiger partial charge in [-0.25, -0.2) is 4.90 Å². The molecule has 3 rings (SSSR count). The molecule has 22 heavy (non-hydrogen) atoms. The van der Waals surface area contributed by atoms with Gasteiger partial charge in [0.25, 0.3) is 17.5 Å². The summed E-state index contributed by atoms with van der Waals surface area (Å²) in [4.78, 5) is 35.4. The van der Waals surface area contributed by atoms with Crippen LogP contribution in [-0.2, 0) is 0 Å². The van der Waals surface area contributed by atoms with Crippen LogP contribution in [0.2, 0.25) is 0 Å². The largest absolute Gasteiger partial charge is 0.269 e. The van der Waals surface area contributed by atoms with Crippen LogP contribution in [0.5, 0.6) is 0 Å². The normalized spacial score (nSPS) is 13.7. The van der Waals surface area contributed by atoms with E-state index in [1.807, 2.05) is 0 Å².